The van der Waals surface area contributed by atoms with Crippen molar-refractivity contribution in [3.05, 3.63) is 35.1 Å². The average molecular weight is 193 g/mol. The Balaban J connectivity index is 2.90. The van der Waals surface area contributed by atoms with Crippen molar-refractivity contribution in [2.45, 2.75) is 12.8 Å². The van der Waals surface area contributed by atoms with Crippen LogP contribution in [0.1, 0.15) is 22.3 Å². The van der Waals surface area contributed by atoms with E-state index in [0.29, 0.717) is 18.4 Å². The monoisotopic (exact) mass is 193 g/mol. The van der Waals surface area contributed by atoms with Crippen LogP contribution in [0.25, 0.3) is 0 Å². The Bertz CT molecular complexity index is 396. The van der Waals surface area contributed by atoms with Gasteiger partial charge in [0, 0.05) is 6.42 Å². The molecule has 0 bridgehead atoms. The Kier molecular flexibility index (Phi) is 3.19. The van der Waals surface area contributed by atoms with E-state index in [0.717, 1.165) is 6.07 Å². The predicted molar refractivity (Wildman–Crippen MR) is 47.3 cm³/mol. The van der Waals surface area contributed by atoms with Crippen LogP contribution in [-0.2, 0) is 6.42 Å². The smallest absolute Gasteiger partial charge is 0.338 e. The van der Waals surface area contributed by atoms with E-state index in [1.165, 1.54) is 12.1 Å². The maximum atomic E-state index is 13.1. The molecule has 3 nitrogen and oxygen atoms in total. The van der Waals surface area contributed by atoms with Crippen molar-refractivity contribution in [1.82, 2.24) is 0 Å². The largest absolute Gasteiger partial charge is 0.478 e. The van der Waals surface area contributed by atoms with Gasteiger partial charge in [0.05, 0.1) is 11.6 Å². The SMILES string of the molecule is N#CCCc1ccc(C(=O)O)c(F)c1. The topological polar surface area (TPSA) is 61.1 Å². The van der Waals surface area contributed by atoms with Crippen molar-refractivity contribution in [2.75, 3.05) is 0 Å². The number of aryl methyl sites for hydroxylation is 1. The number of nitriles is 1. The number of rotatable bonds is 3. The van der Waals surface area contributed by atoms with Gasteiger partial charge in [-0.15, -0.1) is 0 Å². The highest BCUT2D eigenvalue weighted by Crippen LogP contribution is 2.11. The number of nitrogens with zero attached hydrogens (tertiary/aromatic N) is 1. The molecule has 0 radical (unpaired) electrons. The molecular weight excluding hydrogens is 185 g/mol. The molecule has 4 heteroatoms. The lowest BCUT2D eigenvalue weighted by Crippen LogP contribution is -2.01. The van der Waals surface area contributed by atoms with Crippen molar-refractivity contribution in [3.8, 4) is 6.07 Å². The molecule has 1 rings (SSSR count). The molecule has 0 heterocycles. The van der Waals surface area contributed by atoms with E-state index in [4.69, 9.17) is 10.4 Å². The van der Waals surface area contributed by atoms with Crippen molar-refractivity contribution >= 4 is 5.97 Å². The Morgan fingerprint density at radius 2 is 2.29 bits per heavy atom. The highest BCUT2D eigenvalue weighted by Gasteiger charge is 2.09. The van der Waals surface area contributed by atoms with E-state index in [1.54, 1.807) is 0 Å². The second-order valence-corrected chi connectivity index (χ2v) is 2.78. The van der Waals surface area contributed by atoms with Crippen LogP contribution in [-0.4, -0.2) is 11.1 Å². The summed E-state index contributed by atoms with van der Waals surface area (Å²) in [5.41, 5.74) is 0.291. The number of benzene rings is 1. The molecule has 0 fully saturated rings. The molecule has 0 aromatic heterocycles. The number of aromatic carboxylic acids is 1. The quantitative estimate of drug-likeness (QED) is 0.798. The van der Waals surface area contributed by atoms with Crippen molar-refractivity contribution < 1.29 is 14.3 Å². The summed E-state index contributed by atoms with van der Waals surface area (Å²) in [6.45, 7) is 0. The summed E-state index contributed by atoms with van der Waals surface area (Å²) >= 11 is 0. The third-order valence-electron chi connectivity index (χ3n) is 1.79. The lowest BCUT2D eigenvalue weighted by atomic mass is 10.1. The van der Waals surface area contributed by atoms with Gasteiger partial charge in [-0.3, -0.25) is 0 Å². The van der Waals surface area contributed by atoms with Crippen molar-refractivity contribution in [1.29, 1.82) is 5.26 Å². The summed E-state index contributed by atoms with van der Waals surface area (Å²) in [7, 11) is 0. The molecule has 0 aliphatic heterocycles. The second kappa shape index (κ2) is 4.38. The lowest BCUT2D eigenvalue weighted by molar-refractivity contribution is 0.0692. The number of carboxylic acids is 1. The first-order valence-corrected chi connectivity index (χ1v) is 4.04. The van der Waals surface area contributed by atoms with Crippen LogP contribution in [0.3, 0.4) is 0 Å². The van der Waals surface area contributed by atoms with Gasteiger partial charge < -0.3 is 5.11 Å². The molecule has 0 saturated heterocycles. The molecule has 0 aliphatic carbocycles. The first kappa shape index (κ1) is 10.2. The molecule has 0 saturated carbocycles. The lowest BCUT2D eigenvalue weighted by Gasteiger charge is -2.00. The second-order valence-electron chi connectivity index (χ2n) is 2.78. The predicted octanol–water partition coefficient (Wildman–Crippen LogP) is 1.98. The van der Waals surface area contributed by atoms with E-state index in [2.05, 4.69) is 0 Å². The summed E-state index contributed by atoms with van der Waals surface area (Å²) < 4.78 is 13.1. The summed E-state index contributed by atoms with van der Waals surface area (Å²) in [6, 6.07) is 5.82. The van der Waals surface area contributed by atoms with E-state index in [1.807, 2.05) is 6.07 Å². The number of carboxylic acid groups (broad SMARTS) is 1. The Labute approximate surface area is 80.4 Å². The van der Waals surface area contributed by atoms with Crippen LogP contribution >= 0.6 is 0 Å². The van der Waals surface area contributed by atoms with Gasteiger partial charge in [-0.25, -0.2) is 9.18 Å². The summed E-state index contributed by atoms with van der Waals surface area (Å²) in [6.07, 6.45) is 0.735. The zero-order valence-electron chi connectivity index (χ0n) is 7.33. The fraction of sp³-hybridized carbons (Fsp3) is 0.200. The highest BCUT2D eigenvalue weighted by atomic mass is 19.1. The third-order valence-corrected chi connectivity index (χ3v) is 1.79. The van der Waals surface area contributed by atoms with Crippen LogP contribution in [0.2, 0.25) is 0 Å². The molecule has 0 spiro atoms. The van der Waals surface area contributed by atoms with Gasteiger partial charge in [-0.1, -0.05) is 6.07 Å². The molecule has 72 valence electrons. The minimum Gasteiger partial charge on any atom is -0.478 e. The normalized spacial score (nSPS) is 9.43. The zero-order valence-corrected chi connectivity index (χ0v) is 7.33. The molecular formula is C10H8FNO2. The van der Waals surface area contributed by atoms with Crippen LogP contribution in [0.5, 0.6) is 0 Å². The summed E-state index contributed by atoms with van der Waals surface area (Å²) in [5, 5.41) is 16.8. The van der Waals surface area contributed by atoms with Crippen LogP contribution in [0.4, 0.5) is 4.39 Å². The first-order chi connectivity index (χ1) is 6.65. The fourth-order valence-electron chi connectivity index (χ4n) is 1.09. The molecule has 0 unspecified atom stereocenters. The molecule has 0 amide bonds. The van der Waals surface area contributed by atoms with E-state index in [9.17, 15) is 9.18 Å². The van der Waals surface area contributed by atoms with E-state index < -0.39 is 11.8 Å². The molecule has 0 atom stereocenters. The molecule has 14 heavy (non-hydrogen) atoms. The van der Waals surface area contributed by atoms with E-state index >= 15 is 0 Å². The third kappa shape index (κ3) is 2.30. The average Bonchev–Trinajstić information content (AvgIpc) is 2.14. The molecule has 1 N–H and O–H groups in total. The Hall–Kier alpha value is -1.89. The van der Waals surface area contributed by atoms with Crippen LogP contribution in [0, 0.1) is 17.1 Å². The van der Waals surface area contributed by atoms with Crippen LogP contribution in [0.15, 0.2) is 18.2 Å². The number of hydrogen-bond acceptors (Lipinski definition) is 2. The highest BCUT2D eigenvalue weighted by molar-refractivity contribution is 5.87. The van der Waals surface area contributed by atoms with Crippen molar-refractivity contribution in [2.24, 2.45) is 0 Å². The van der Waals surface area contributed by atoms with Gasteiger partial charge in [0.2, 0.25) is 0 Å². The number of carbonyl (C=O) groups is 1. The minimum absolute atomic E-state index is 0.297. The maximum absolute atomic E-state index is 13.1. The standard InChI is InChI=1S/C10H8FNO2/c11-9-6-7(2-1-5-12)3-4-8(9)10(13)14/h3-4,6H,1-2H2,(H,13,14). The van der Waals surface area contributed by atoms with Gasteiger partial charge in [-0.05, 0) is 24.1 Å². The van der Waals surface area contributed by atoms with Gasteiger partial charge in [-0.2, -0.15) is 5.26 Å². The van der Waals surface area contributed by atoms with Crippen molar-refractivity contribution in [3.63, 3.8) is 0 Å². The van der Waals surface area contributed by atoms with Gasteiger partial charge in [0.1, 0.15) is 5.82 Å². The maximum Gasteiger partial charge on any atom is 0.338 e. The van der Waals surface area contributed by atoms with Gasteiger partial charge in [0.25, 0.3) is 0 Å². The minimum atomic E-state index is -1.28. The summed E-state index contributed by atoms with van der Waals surface area (Å²) in [5.74, 6) is -2.04. The fourth-order valence-corrected chi connectivity index (χ4v) is 1.09. The first-order valence-electron chi connectivity index (χ1n) is 4.04. The Morgan fingerprint density at radius 3 is 2.79 bits per heavy atom. The number of halogens is 1. The van der Waals surface area contributed by atoms with E-state index in [-0.39, 0.29) is 5.56 Å². The van der Waals surface area contributed by atoms with Gasteiger partial charge >= 0.3 is 5.97 Å². The number of hydrogen-bond donors (Lipinski definition) is 1. The molecule has 1 aromatic carbocycles. The zero-order chi connectivity index (χ0) is 10.6. The Morgan fingerprint density at radius 1 is 1.57 bits per heavy atom. The molecule has 0 aliphatic rings. The summed E-state index contributed by atoms with van der Waals surface area (Å²) in [4.78, 5) is 10.5. The van der Waals surface area contributed by atoms with Gasteiger partial charge in [0.15, 0.2) is 0 Å². The van der Waals surface area contributed by atoms with Crippen LogP contribution < -0.4 is 0 Å². The molecule has 1 aromatic rings.